The smallest absolute Gasteiger partial charge is 0.263 e. The lowest BCUT2D eigenvalue weighted by Crippen LogP contribution is -2.29. The first-order chi connectivity index (χ1) is 10.2. The van der Waals surface area contributed by atoms with E-state index in [2.05, 4.69) is 13.0 Å². The van der Waals surface area contributed by atoms with Crippen LogP contribution in [-0.4, -0.2) is 23.9 Å². The highest BCUT2D eigenvalue weighted by atomic mass is 32.1. The number of carbonyl (C=O) groups is 1. The first kappa shape index (κ1) is 14.1. The van der Waals surface area contributed by atoms with Crippen LogP contribution in [0.5, 0.6) is 5.75 Å². The Bertz CT molecular complexity index is 686. The van der Waals surface area contributed by atoms with E-state index in [1.54, 1.807) is 11.3 Å². The highest BCUT2D eigenvalue weighted by molar-refractivity contribution is 7.17. The Kier molecular flexibility index (Phi) is 3.72. The molecule has 1 aromatic carbocycles. The minimum absolute atomic E-state index is 0.120. The van der Waals surface area contributed by atoms with E-state index in [9.17, 15) is 4.79 Å². The second-order valence-corrected chi connectivity index (χ2v) is 6.23. The summed E-state index contributed by atoms with van der Waals surface area (Å²) in [6.07, 6.45) is 0. The molecule has 0 saturated carbocycles. The largest absolute Gasteiger partial charge is 0.488 e. The summed E-state index contributed by atoms with van der Waals surface area (Å²) in [5.41, 5.74) is 3.46. The molecule has 21 heavy (non-hydrogen) atoms. The molecule has 0 saturated heterocycles. The van der Waals surface area contributed by atoms with Crippen LogP contribution in [0.15, 0.2) is 24.3 Å². The maximum Gasteiger partial charge on any atom is 0.263 e. The number of hydrogen-bond acceptors (Lipinski definition) is 3. The van der Waals surface area contributed by atoms with Crippen molar-refractivity contribution >= 4 is 17.2 Å². The average molecular weight is 301 g/mol. The quantitative estimate of drug-likeness (QED) is 0.854. The minimum atomic E-state index is 0.120. The lowest BCUT2D eigenvalue weighted by atomic mass is 10.0. The zero-order chi connectivity index (χ0) is 15.0. The van der Waals surface area contributed by atoms with Gasteiger partial charge in [0.1, 0.15) is 12.4 Å². The van der Waals surface area contributed by atoms with Crippen LogP contribution in [-0.2, 0) is 6.61 Å². The zero-order valence-electron chi connectivity index (χ0n) is 12.6. The van der Waals surface area contributed by atoms with Gasteiger partial charge < -0.3 is 9.64 Å². The molecule has 2 heterocycles. The van der Waals surface area contributed by atoms with E-state index < -0.39 is 0 Å². The number of ether oxygens (including phenoxy) is 1. The average Bonchev–Trinajstić information content (AvgIpc) is 2.92. The molecule has 0 N–H and O–H groups in total. The van der Waals surface area contributed by atoms with Gasteiger partial charge in [-0.05, 0) is 38.5 Å². The summed E-state index contributed by atoms with van der Waals surface area (Å²) in [4.78, 5) is 16.4. The summed E-state index contributed by atoms with van der Waals surface area (Å²) < 4.78 is 5.82. The van der Waals surface area contributed by atoms with E-state index in [1.807, 2.05) is 36.9 Å². The van der Waals surface area contributed by atoms with Crippen molar-refractivity contribution in [2.75, 3.05) is 13.1 Å². The highest BCUT2D eigenvalue weighted by Crippen LogP contribution is 2.44. The topological polar surface area (TPSA) is 29.5 Å². The molecule has 110 valence electrons. The summed E-state index contributed by atoms with van der Waals surface area (Å²) in [5, 5.41) is 0. The minimum Gasteiger partial charge on any atom is -0.488 e. The fourth-order valence-corrected chi connectivity index (χ4v) is 3.98. The van der Waals surface area contributed by atoms with Gasteiger partial charge in [-0.25, -0.2) is 0 Å². The van der Waals surface area contributed by atoms with E-state index in [4.69, 9.17) is 4.74 Å². The van der Waals surface area contributed by atoms with E-state index in [-0.39, 0.29) is 5.91 Å². The summed E-state index contributed by atoms with van der Waals surface area (Å²) in [7, 11) is 0. The van der Waals surface area contributed by atoms with Crippen LogP contribution in [0, 0.1) is 6.92 Å². The van der Waals surface area contributed by atoms with E-state index in [1.165, 1.54) is 10.4 Å². The lowest BCUT2D eigenvalue weighted by molar-refractivity contribution is 0.0777. The van der Waals surface area contributed by atoms with Crippen LogP contribution in [0.25, 0.3) is 10.4 Å². The van der Waals surface area contributed by atoms with Gasteiger partial charge in [0.05, 0.1) is 4.88 Å². The molecule has 2 aromatic rings. The van der Waals surface area contributed by atoms with Crippen LogP contribution >= 0.6 is 11.3 Å². The van der Waals surface area contributed by atoms with Crippen LogP contribution in [0.2, 0.25) is 0 Å². The number of rotatable bonds is 3. The molecule has 0 bridgehead atoms. The van der Waals surface area contributed by atoms with E-state index in [0.717, 1.165) is 34.8 Å². The molecule has 1 aliphatic rings. The molecule has 1 aliphatic heterocycles. The molecule has 3 nitrogen and oxygen atoms in total. The number of thiophene rings is 1. The standard InChI is InChI=1S/C17H19NO2S/c1-4-18(5-2)17(19)14-9-12-10-20-13-8-6-7-11(3)15(13)16(12)21-14/h6-9H,4-5,10H2,1-3H3. The van der Waals surface area contributed by atoms with Crippen molar-refractivity contribution in [3.63, 3.8) is 0 Å². The number of carbonyl (C=O) groups excluding carboxylic acids is 1. The normalized spacial score (nSPS) is 12.3. The fourth-order valence-electron chi connectivity index (χ4n) is 2.73. The fraction of sp³-hybridized carbons (Fsp3) is 0.353. The van der Waals surface area contributed by atoms with Crippen molar-refractivity contribution in [1.82, 2.24) is 4.90 Å². The highest BCUT2D eigenvalue weighted by Gasteiger charge is 2.25. The number of nitrogens with zero attached hydrogens (tertiary/aromatic N) is 1. The third kappa shape index (κ3) is 2.33. The molecular weight excluding hydrogens is 282 g/mol. The third-order valence-electron chi connectivity index (χ3n) is 3.92. The maximum atomic E-state index is 12.5. The zero-order valence-corrected chi connectivity index (χ0v) is 13.4. The monoisotopic (exact) mass is 301 g/mol. The van der Waals surface area contributed by atoms with Crippen molar-refractivity contribution in [2.24, 2.45) is 0 Å². The van der Waals surface area contributed by atoms with Gasteiger partial charge in [0, 0.05) is 29.1 Å². The molecule has 0 spiro atoms. The Morgan fingerprint density at radius 3 is 2.81 bits per heavy atom. The van der Waals surface area contributed by atoms with Gasteiger partial charge in [-0.3, -0.25) is 4.79 Å². The molecule has 0 atom stereocenters. The van der Waals surface area contributed by atoms with Crippen molar-refractivity contribution < 1.29 is 9.53 Å². The van der Waals surface area contributed by atoms with Gasteiger partial charge in [0.2, 0.25) is 0 Å². The predicted octanol–water partition coefficient (Wildman–Crippen LogP) is 4.10. The first-order valence-electron chi connectivity index (χ1n) is 7.30. The Balaban J connectivity index is 2.05. The molecule has 1 aromatic heterocycles. The first-order valence-corrected chi connectivity index (χ1v) is 8.12. The summed E-state index contributed by atoms with van der Waals surface area (Å²) >= 11 is 1.59. The van der Waals surface area contributed by atoms with Crippen LogP contribution in [0.3, 0.4) is 0 Å². The van der Waals surface area contributed by atoms with Crippen LogP contribution in [0.1, 0.15) is 34.6 Å². The molecule has 0 unspecified atom stereocenters. The molecule has 0 fully saturated rings. The molecule has 1 amide bonds. The van der Waals surface area contributed by atoms with Crippen molar-refractivity contribution in [3.8, 4) is 16.2 Å². The van der Waals surface area contributed by atoms with Crippen LogP contribution < -0.4 is 4.74 Å². The number of amides is 1. The van der Waals surface area contributed by atoms with Gasteiger partial charge in [0.15, 0.2) is 0 Å². The lowest BCUT2D eigenvalue weighted by Gasteiger charge is -2.19. The second-order valence-electron chi connectivity index (χ2n) is 5.18. The van der Waals surface area contributed by atoms with Gasteiger partial charge in [0.25, 0.3) is 5.91 Å². The van der Waals surface area contributed by atoms with Crippen LogP contribution in [0.4, 0.5) is 0 Å². The summed E-state index contributed by atoms with van der Waals surface area (Å²) in [5.74, 6) is 1.04. The molecule has 4 heteroatoms. The Morgan fingerprint density at radius 1 is 1.33 bits per heavy atom. The van der Waals surface area contributed by atoms with E-state index in [0.29, 0.717) is 6.61 Å². The second kappa shape index (κ2) is 5.53. The summed E-state index contributed by atoms with van der Waals surface area (Å²) in [6, 6.07) is 8.09. The number of aryl methyl sites for hydroxylation is 1. The summed E-state index contributed by atoms with van der Waals surface area (Å²) in [6.45, 7) is 8.14. The molecule has 0 radical (unpaired) electrons. The molecule has 0 aliphatic carbocycles. The SMILES string of the molecule is CCN(CC)C(=O)c1cc2c(s1)-c1c(C)cccc1OC2. The third-order valence-corrected chi connectivity index (χ3v) is 5.10. The van der Waals surface area contributed by atoms with Gasteiger partial charge in [-0.15, -0.1) is 11.3 Å². The maximum absolute atomic E-state index is 12.5. The van der Waals surface area contributed by atoms with Crippen molar-refractivity contribution in [3.05, 3.63) is 40.3 Å². The van der Waals surface area contributed by atoms with Crippen molar-refractivity contribution in [1.29, 1.82) is 0 Å². The van der Waals surface area contributed by atoms with E-state index >= 15 is 0 Å². The Hall–Kier alpha value is -1.81. The Labute approximate surface area is 129 Å². The molecular formula is C17H19NO2S. The molecule has 3 rings (SSSR count). The number of hydrogen-bond donors (Lipinski definition) is 0. The Morgan fingerprint density at radius 2 is 2.10 bits per heavy atom. The van der Waals surface area contributed by atoms with Gasteiger partial charge in [-0.1, -0.05) is 12.1 Å². The predicted molar refractivity (Wildman–Crippen MR) is 86.1 cm³/mol. The number of fused-ring (bicyclic) bond motifs is 3. The number of benzene rings is 1. The van der Waals surface area contributed by atoms with Gasteiger partial charge >= 0.3 is 0 Å². The van der Waals surface area contributed by atoms with Crippen molar-refractivity contribution in [2.45, 2.75) is 27.4 Å². The van der Waals surface area contributed by atoms with Gasteiger partial charge in [-0.2, -0.15) is 0 Å².